The largest absolute Gasteiger partial charge is 0.444 e. The lowest BCUT2D eigenvalue weighted by atomic mass is 9.85. The fourth-order valence-corrected chi connectivity index (χ4v) is 4.00. The van der Waals surface area contributed by atoms with Crippen molar-refractivity contribution in [3.8, 4) is 11.4 Å². The molecule has 1 aliphatic rings. The minimum Gasteiger partial charge on any atom is -0.444 e. The molecule has 3 heterocycles. The van der Waals surface area contributed by atoms with Gasteiger partial charge >= 0.3 is 6.09 Å². The summed E-state index contributed by atoms with van der Waals surface area (Å²) < 4.78 is 9.44. The molecule has 1 fully saturated rings. The summed E-state index contributed by atoms with van der Waals surface area (Å²) in [6.45, 7) is 5.62. The molecule has 0 bridgehead atoms. The number of hydrogen-bond acceptors (Lipinski definition) is 5. The van der Waals surface area contributed by atoms with E-state index >= 15 is 0 Å². The van der Waals surface area contributed by atoms with Gasteiger partial charge in [-0.25, -0.2) is 9.78 Å². The van der Waals surface area contributed by atoms with Crippen LogP contribution in [0.25, 0.3) is 17.0 Å². The number of hydrogen-bond donors (Lipinski definition) is 1. The molecule has 29 heavy (non-hydrogen) atoms. The van der Waals surface area contributed by atoms with Crippen molar-refractivity contribution in [1.29, 1.82) is 0 Å². The molecule has 0 unspecified atom stereocenters. The number of alkyl carbamates (subject to hydrolysis) is 1. The number of pyridine rings is 1. The zero-order valence-corrected chi connectivity index (χ0v) is 17.4. The first-order chi connectivity index (χ1) is 13.8. The zero-order valence-electron chi connectivity index (χ0n) is 17.4. The van der Waals surface area contributed by atoms with E-state index in [-0.39, 0.29) is 18.1 Å². The second-order valence-electron chi connectivity index (χ2n) is 8.77. The molecular weight excluding hydrogens is 368 g/mol. The van der Waals surface area contributed by atoms with Gasteiger partial charge in [0.25, 0.3) is 0 Å². The van der Waals surface area contributed by atoms with Gasteiger partial charge in [0, 0.05) is 43.2 Å². The lowest BCUT2D eigenvalue weighted by Gasteiger charge is -2.30. The number of aromatic nitrogens is 5. The Morgan fingerprint density at radius 2 is 2.07 bits per heavy atom. The van der Waals surface area contributed by atoms with Crippen LogP contribution in [0.3, 0.4) is 0 Å². The fourth-order valence-electron chi connectivity index (χ4n) is 4.00. The van der Waals surface area contributed by atoms with Gasteiger partial charge in [-0.3, -0.25) is 4.40 Å². The first-order valence-corrected chi connectivity index (χ1v) is 10.1. The first kappa shape index (κ1) is 19.4. The molecule has 0 aromatic carbocycles. The number of imidazole rings is 1. The van der Waals surface area contributed by atoms with E-state index in [1.807, 2.05) is 61.3 Å². The van der Waals surface area contributed by atoms with Crippen LogP contribution in [0.1, 0.15) is 58.2 Å². The van der Waals surface area contributed by atoms with Crippen molar-refractivity contribution >= 4 is 11.7 Å². The van der Waals surface area contributed by atoms with Crippen molar-refractivity contribution in [2.24, 2.45) is 7.05 Å². The minimum absolute atomic E-state index is 0.0859. The number of rotatable bonds is 3. The van der Waals surface area contributed by atoms with Gasteiger partial charge in [-0.05, 0) is 52.2 Å². The van der Waals surface area contributed by atoms with Gasteiger partial charge in [0.05, 0.1) is 0 Å². The van der Waals surface area contributed by atoms with E-state index in [1.165, 1.54) is 0 Å². The molecule has 3 aromatic heterocycles. The second kappa shape index (κ2) is 7.50. The van der Waals surface area contributed by atoms with E-state index in [2.05, 4.69) is 20.5 Å². The third-order valence-electron chi connectivity index (χ3n) is 5.28. The maximum absolute atomic E-state index is 12.1. The monoisotopic (exact) mass is 396 g/mol. The Hall–Kier alpha value is -2.90. The molecule has 1 aliphatic carbocycles. The Bertz CT molecular complexity index is 1020. The molecule has 8 nitrogen and oxygen atoms in total. The van der Waals surface area contributed by atoms with Crippen LogP contribution in [0.2, 0.25) is 0 Å². The fraction of sp³-hybridized carbons (Fsp3) is 0.524. The Morgan fingerprint density at radius 3 is 2.79 bits per heavy atom. The molecular formula is C21H28N6O2. The summed E-state index contributed by atoms with van der Waals surface area (Å²) in [5, 5.41) is 11.9. The van der Waals surface area contributed by atoms with Crippen LogP contribution in [0.4, 0.5) is 4.79 Å². The third-order valence-corrected chi connectivity index (χ3v) is 5.28. The molecule has 3 aromatic rings. The normalized spacial score (nSPS) is 20.0. The Balaban J connectivity index is 1.50. The summed E-state index contributed by atoms with van der Waals surface area (Å²) in [5.74, 6) is 2.09. The molecule has 1 saturated carbocycles. The van der Waals surface area contributed by atoms with Crippen LogP contribution in [-0.4, -0.2) is 41.9 Å². The van der Waals surface area contributed by atoms with Crippen LogP contribution in [0.5, 0.6) is 0 Å². The zero-order chi connectivity index (χ0) is 20.6. The van der Waals surface area contributed by atoms with Crippen LogP contribution in [0.15, 0.2) is 30.7 Å². The van der Waals surface area contributed by atoms with Crippen molar-refractivity contribution < 1.29 is 9.53 Å². The van der Waals surface area contributed by atoms with E-state index in [0.29, 0.717) is 0 Å². The molecule has 0 spiro atoms. The lowest BCUT2D eigenvalue weighted by Crippen LogP contribution is -2.41. The average molecular weight is 396 g/mol. The van der Waals surface area contributed by atoms with E-state index in [9.17, 15) is 4.79 Å². The topological polar surface area (TPSA) is 86.3 Å². The van der Waals surface area contributed by atoms with Gasteiger partial charge in [-0.2, -0.15) is 0 Å². The average Bonchev–Trinajstić information content (AvgIpc) is 3.25. The number of ether oxygens (including phenoxy) is 1. The highest BCUT2D eigenvalue weighted by Gasteiger charge is 2.29. The highest BCUT2D eigenvalue weighted by Crippen LogP contribution is 2.33. The molecule has 0 radical (unpaired) electrons. The second-order valence-corrected chi connectivity index (χ2v) is 8.77. The highest BCUT2D eigenvalue weighted by molar-refractivity contribution is 5.68. The summed E-state index contributed by atoms with van der Waals surface area (Å²) >= 11 is 0. The van der Waals surface area contributed by atoms with Gasteiger partial charge in [-0.15, -0.1) is 10.2 Å². The van der Waals surface area contributed by atoms with Crippen molar-refractivity contribution in [2.75, 3.05) is 0 Å². The molecule has 4 rings (SSSR count). The third kappa shape index (κ3) is 4.26. The number of carbonyl (C=O) groups excluding carboxylic acids is 1. The quantitative estimate of drug-likeness (QED) is 0.730. The van der Waals surface area contributed by atoms with Gasteiger partial charge < -0.3 is 14.6 Å². The number of fused-ring (bicyclic) bond motifs is 1. The summed E-state index contributed by atoms with van der Waals surface area (Å²) in [6, 6.07) is 4.14. The van der Waals surface area contributed by atoms with E-state index < -0.39 is 5.60 Å². The summed E-state index contributed by atoms with van der Waals surface area (Å²) in [5.41, 5.74) is 1.33. The predicted molar refractivity (Wildman–Crippen MR) is 110 cm³/mol. The SMILES string of the molecule is Cn1ccnc1-c1ccn2c([C@H]3CCC[C@@H](NC(=O)OC(C)(C)C)C3)nnc2c1. The smallest absolute Gasteiger partial charge is 0.407 e. The van der Waals surface area contributed by atoms with Crippen molar-refractivity contribution in [2.45, 2.75) is 64.0 Å². The van der Waals surface area contributed by atoms with Crippen molar-refractivity contribution in [1.82, 2.24) is 29.5 Å². The lowest BCUT2D eigenvalue weighted by molar-refractivity contribution is 0.0490. The Morgan fingerprint density at radius 1 is 1.24 bits per heavy atom. The number of nitrogens with one attached hydrogen (secondary N) is 1. The maximum atomic E-state index is 12.1. The standard InChI is InChI=1S/C21H28N6O2/c1-21(2,3)29-20(28)23-16-7-5-6-14(12-16)19-25-24-17-13-15(8-10-27(17)19)18-22-9-11-26(18)4/h8-11,13-14,16H,5-7,12H2,1-4H3,(H,23,28)/t14-,16+/m0/s1. The molecule has 1 N–H and O–H groups in total. The molecule has 0 aliphatic heterocycles. The van der Waals surface area contributed by atoms with E-state index in [1.54, 1.807) is 6.20 Å². The van der Waals surface area contributed by atoms with Gasteiger partial charge in [0.1, 0.15) is 17.2 Å². The number of amides is 1. The number of carbonyl (C=O) groups is 1. The molecule has 2 atom stereocenters. The summed E-state index contributed by atoms with van der Waals surface area (Å²) in [7, 11) is 1.97. The number of nitrogens with zero attached hydrogens (tertiary/aromatic N) is 5. The van der Waals surface area contributed by atoms with E-state index in [0.717, 1.165) is 48.5 Å². The maximum Gasteiger partial charge on any atom is 0.407 e. The van der Waals surface area contributed by atoms with Crippen LogP contribution in [0, 0.1) is 0 Å². The Labute approximate surface area is 170 Å². The molecule has 154 valence electrons. The molecule has 1 amide bonds. The van der Waals surface area contributed by atoms with E-state index in [4.69, 9.17) is 4.74 Å². The molecule has 0 saturated heterocycles. The van der Waals surface area contributed by atoms with Crippen LogP contribution >= 0.6 is 0 Å². The van der Waals surface area contributed by atoms with Crippen molar-refractivity contribution in [3.05, 3.63) is 36.5 Å². The first-order valence-electron chi connectivity index (χ1n) is 10.1. The highest BCUT2D eigenvalue weighted by atomic mass is 16.6. The Kier molecular flexibility index (Phi) is 5.02. The molecule has 8 heteroatoms. The predicted octanol–water partition coefficient (Wildman–Crippen LogP) is 3.68. The minimum atomic E-state index is -0.494. The van der Waals surface area contributed by atoms with Crippen LogP contribution < -0.4 is 5.32 Å². The van der Waals surface area contributed by atoms with Gasteiger partial charge in [0.2, 0.25) is 0 Å². The number of aryl methyl sites for hydroxylation is 1. The van der Waals surface area contributed by atoms with Gasteiger partial charge in [-0.1, -0.05) is 6.42 Å². The summed E-state index contributed by atoms with van der Waals surface area (Å²) in [4.78, 5) is 16.5. The summed E-state index contributed by atoms with van der Waals surface area (Å²) in [6.07, 6.45) is 9.23. The van der Waals surface area contributed by atoms with Gasteiger partial charge in [0.15, 0.2) is 5.65 Å². The van der Waals surface area contributed by atoms with Crippen molar-refractivity contribution in [3.63, 3.8) is 0 Å². The van der Waals surface area contributed by atoms with Crippen LogP contribution in [-0.2, 0) is 11.8 Å².